The molecule has 0 aromatic heterocycles. The van der Waals surface area contributed by atoms with Crippen LogP contribution < -0.4 is 15.4 Å². The van der Waals surface area contributed by atoms with Gasteiger partial charge in [-0.15, -0.1) is 0 Å². The van der Waals surface area contributed by atoms with Crippen LogP contribution in [0.2, 0.25) is 0 Å². The van der Waals surface area contributed by atoms with Crippen molar-refractivity contribution in [3.05, 3.63) is 18.2 Å². The summed E-state index contributed by atoms with van der Waals surface area (Å²) in [6.07, 6.45) is 8.01. The molecule has 2 fully saturated rings. The van der Waals surface area contributed by atoms with Gasteiger partial charge in [-0.1, -0.05) is 32.3 Å². The fourth-order valence-corrected chi connectivity index (χ4v) is 3.97. The van der Waals surface area contributed by atoms with Crippen LogP contribution in [0.4, 0.5) is 11.4 Å². The summed E-state index contributed by atoms with van der Waals surface area (Å²) >= 11 is 0. The lowest BCUT2D eigenvalue weighted by molar-refractivity contribution is 0.202. The summed E-state index contributed by atoms with van der Waals surface area (Å²) in [7, 11) is 0. The van der Waals surface area contributed by atoms with Crippen LogP contribution in [-0.4, -0.2) is 19.7 Å². The monoisotopic (exact) mass is 288 g/mol. The zero-order valence-electron chi connectivity index (χ0n) is 13.2. The van der Waals surface area contributed by atoms with Crippen molar-refractivity contribution >= 4 is 11.4 Å². The van der Waals surface area contributed by atoms with E-state index < -0.39 is 0 Å². The molecule has 2 unspecified atom stereocenters. The van der Waals surface area contributed by atoms with Gasteiger partial charge in [0.25, 0.3) is 0 Å². The van der Waals surface area contributed by atoms with E-state index in [-0.39, 0.29) is 0 Å². The number of hydrogen-bond acceptors (Lipinski definition) is 3. The van der Waals surface area contributed by atoms with Gasteiger partial charge in [-0.25, -0.2) is 0 Å². The lowest BCUT2D eigenvalue weighted by Crippen LogP contribution is -2.42. The molecular weight excluding hydrogens is 260 g/mol. The highest BCUT2D eigenvalue weighted by atomic mass is 16.5. The van der Waals surface area contributed by atoms with Gasteiger partial charge in [0.2, 0.25) is 0 Å². The van der Waals surface area contributed by atoms with Gasteiger partial charge in [0.05, 0.1) is 18.0 Å². The Kier molecular flexibility index (Phi) is 4.57. The third-order valence-electron chi connectivity index (χ3n) is 5.14. The van der Waals surface area contributed by atoms with E-state index in [0.29, 0.717) is 0 Å². The predicted molar refractivity (Wildman–Crippen MR) is 88.9 cm³/mol. The van der Waals surface area contributed by atoms with Crippen molar-refractivity contribution in [3.8, 4) is 5.75 Å². The first kappa shape index (κ1) is 14.6. The maximum absolute atomic E-state index is 6.36. The standard InChI is InChI=1S/C18H28N2O/c1-2-12-21-17-9-5-8-16(18(17)19)20-11-10-14-6-3-4-7-15(14)13-20/h5,8-9,14-15H,2-4,6-7,10-13,19H2,1H3. The van der Waals surface area contributed by atoms with E-state index in [4.69, 9.17) is 10.5 Å². The number of nitrogen functional groups attached to an aromatic ring is 1. The summed E-state index contributed by atoms with van der Waals surface area (Å²) in [5.41, 5.74) is 8.35. The Labute approximate surface area is 128 Å². The maximum atomic E-state index is 6.36. The molecule has 0 amide bonds. The molecule has 116 valence electrons. The highest BCUT2D eigenvalue weighted by molar-refractivity contribution is 5.74. The van der Waals surface area contributed by atoms with Crippen molar-refractivity contribution in [1.82, 2.24) is 0 Å². The summed E-state index contributed by atoms with van der Waals surface area (Å²) in [5.74, 6) is 2.67. The number of benzene rings is 1. The second-order valence-corrected chi connectivity index (χ2v) is 6.58. The zero-order chi connectivity index (χ0) is 14.7. The second-order valence-electron chi connectivity index (χ2n) is 6.58. The molecule has 1 aromatic carbocycles. The molecule has 2 N–H and O–H groups in total. The molecule has 1 aromatic rings. The van der Waals surface area contributed by atoms with E-state index in [0.717, 1.165) is 42.8 Å². The Morgan fingerprint density at radius 3 is 2.81 bits per heavy atom. The third kappa shape index (κ3) is 3.12. The largest absolute Gasteiger partial charge is 0.491 e. The molecule has 0 radical (unpaired) electrons. The molecular formula is C18H28N2O. The Morgan fingerprint density at radius 2 is 2.00 bits per heavy atom. The molecule has 1 aliphatic carbocycles. The summed E-state index contributed by atoms with van der Waals surface area (Å²) in [6, 6.07) is 6.21. The summed E-state index contributed by atoms with van der Waals surface area (Å²) < 4.78 is 5.77. The number of anilines is 2. The van der Waals surface area contributed by atoms with Crippen LogP contribution in [-0.2, 0) is 0 Å². The predicted octanol–water partition coefficient (Wildman–Crippen LogP) is 4.07. The van der Waals surface area contributed by atoms with E-state index in [1.54, 1.807) is 0 Å². The van der Waals surface area contributed by atoms with E-state index >= 15 is 0 Å². The summed E-state index contributed by atoms with van der Waals surface area (Å²) in [4.78, 5) is 2.49. The molecule has 3 heteroatoms. The minimum Gasteiger partial charge on any atom is -0.491 e. The first-order chi connectivity index (χ1) is 10.3. The second kappa shape index (κ2) is 6.59. The Bertz CT molecular complexity index is 474. The van der Waals surface area contributed by atoms with Crippen LogP contribution >= 0.6 is 0 Å². The van der Waals surface area contributed by atoms with Crippen LogP contribution in [0, 0.1) is 11.8 Å². The molecule has 1 aliphatic heterocycles. The topological polar surface area (TPSA) is 38.5 Å². The number of para-hydroxylation sites is 1. The average molecular weight is 288 g/mol. The Balaban J connectivity index is 1.74. The molecule has 2 aliphatic rings. The number of fused-ring (bicyclic) bond motifs is 1. The van der Waals surface area contributed by atoms with Crippen molar-refractivity contribution in [2.45, 2.75) is 45.4 Å². The molecule has 1 saturated carbocycles. The zero-order valence-corrected chi connectivity index (χ0v) is 13.2. The highest BCUT2D eigenvalue weighted by Gasteiger charge is 2.31. The smallest absolute Gasteiger partial charge is 0.144 e. The molecule has 0 bridgehead atoms. The lowest BCUT2D eigenvalue weighted by atomic mass is 9.75. The lowest BCUT2D eigenvalue weighted by Gasteiger charge is -2.42. The van der Waals surface area contributed by atoms with Gasteiger partial charge in [0.1, 0.15) is 5.75 Å². The molecule has 21 heavy (non-hydrogen) atoms. The number of nitrogens with zero attached hydrogens (tertiary/aromatic N) is 1. The van der Waals surface area contributed by atoms with Crippen LogP contribution in [0.15, 0.2) is 18.2 Å². The number of piperidine rings is 1. The van der Waals surface area contributed by atoms with Crippen molar-refractivity contribution in [3.63, 3.8) is 0 Å². The van der Waals surface area contributed by atoms with Crippen LogP contribution in [0.25, 0.3) is 0 Å². The molecule has 0 spiro atoms. The molecule has 3 rings (SSSR count). The number of rotatable bonds is 4. The van der Waals surface area contributed by atoms with Crippen molar-refractivity contribution in [1.29, 1.82) is 0 Å². The Hall–Kier alpha value is -1.38. The fourth-order valence-electron chi connectivity index (χ4n) is 3.97. The molecule has 2 atom stereocenters. The van der Waals surface area contributed by atoms with Gasteiger partial charge in [-0.3, -0.25) is 0 Å². The van der Waals surface area contributed by atoms with Crippen molar-refractivity contribution in [2.24, 2.45) is 11.8 Å². The van der Waals surface area contributed by atoms with E-state index in [1.807, 2.05) is 6.07 Å². The van der Waals surface area contributed by atoms with Crippen LogP contribution in [0.1, 0.15) is 45.4 Å². The van der Waals surface area contributed by atoms with E-state index in [2.05, 4.69) is 24.0 Å². The van der Waals surface area contributed by atoms with E-state index in [9.17, 15) is 0 Å². The summed E-state index contributed by atoms with van der Waals surface area (Å²) in [5, 5.41) is 0. The third-order valence-corrected chi connectivity index (χ3v) is 5.14. The van der Waals surface area contributed by atoms with E-state index in [1.165, 1.54) is 44.3 Å². The van der Waals surface area contributed by atoms with Crippen molar-refractivity contribution < 1.29 is 4.74 Å². The first-order valence-corrected chi connectivity index (χ1v) is 8.55. The highest BCUT2D eigenvalue weighted by Crippen LogP contribution is 2.40. The molecule has 1 heterocycles. The van der Waals surface area contributed by atoms with Gasteiger partial charge < -0.3 is 15.4 Å². The first-order valence-electron chi connectivity index (χ1n) is 8.55. The number of ether oxygens (including phenoxy) is 1. The van der Waals surface area contributed by atoms with Gasteiger partial charge in [0, 0.05) is 13.1 Å². The number of nitrogens with two attached hydrogens (primary N) is 1. The van der Waals surface area contributed by atoms with Crippen molar-refractivity contribution in [2.75, 3.05) is 30.3 Å². The van der Waals surface area contributed by atoms with Gasteiger partial charge in [-0.05, 0) is 43.2 Å². The molecule has 3 nitrogen and oxygen atoms in total. The maximum Gasteiger partial charge on any atom is 0.144 e. The van der Waals surface area contributed by atoms with Gasteiger partial charge in [0.15, 0.2) is 0 Å². The SMILES string of the molecule is CCCOc1cccc(N2CCC3CCCCC3C2)c1N. The number of hydrogen-bond donors (Lipinski definition) is 1. The van der Waals surface area contributed by atoms with Crippen LogP contribution in [0.3, 0.4) is 0 Å². The van der Waals surface area contributed by atoms with Gasteiger partial charge in [-0.2, -0.15) is 0 Å². The normalized spacial score (nSPS) is 25.5. The fraction of sp³-hybridized carbons (Fsp3) is 0.667. The minimum absolute atomic E-state index is 0.734. The van der Waals surface area contributed by atoms with Gasteiger partial charge >= 0.3 is 0 Å². The quantitative estimate of drug-likeness (QED) is 0.849. The summed E-state index contributed by atoms with van der Waals surface area (Å²) in [6.45, 7) is 5.17. The average Bonchev–Trinajstić information content (AvgIpc) is 2.53. The molecule has 1 saturated heterocycles. The minimum atomic E-state index is 0.734. The van der Waals surface area contributed by atoms with Crippen LogP contribution in [0.5, 0.6) is 5.75 Å². The Morgan fingerprint density at radius 1 is 1.19 bits per heavy atom.